The van der Waals surface area contributed by atoms with Crippen molar-refractivity contribution in [3.8, 4) is 5.75 Å². The summed E-state index contributed by atoms with van der Waals surface area (Å²) in [6, 6.07) is 13.2. The molecule has 0 aliphatic heterocycles. The van der Waals surface area contributed by atoms with E-state index in [-0.39, 0.29) is 12.5 Å². The van der Waals surface area contributed by atoms with Crippen molar-refractivity contribution in [2.45, 2.75) is 13.5 Å². The number of ether oxygens (including phenoxy) is 1. The van der Waals surface area contributed by atoms with E-state index in [0.717, 1.165) is 0 Å². The lowest BCUT2D eigenvalue weighted by Gasteiger charge is -2.11. The Kier molecular flexibility index (Phi) is 5.81. The number of methoxy groups -OCH3 is 1. The summed E-state index contributed by atoms with van der Waals surface area (Å²) in [5, 5.41) is 6.47. The van der Waals surface area contributed by atoms with E-state index < -0.39 is 0 Å². The maximum Gasteiger partial charge on any atom is 0.238 e. The van der Waals surface area contributed by atoms with Crippen LogP contribution in [-0.2, 0) is 11.3 Å². The van der Waals surface area contributed by atoms with Gasteiger partial charge in [-0.1, -0.05) is 35.9 Å². The molecule has 22 heavy (non-hydrogen) atoms. The maximum absolute atomic E-state index is 12.0. The summed E-state index contributed by atoms with van der Waals surface area (Å²) in [5.74, 6) is 0.436. The Morgan fingerprint density at radius 3 is 2.73 bits per heavy atom. The Morgan fingerprint density at radius 2 is 2.00 bits per heavy atom. The normalized spacial score (nSPS) is 10.3. The van der Waals surface area contributed by atoms with Crippen molar-refractivity contribution in [1.82, 2.24) is 5.32 Å². The average molecular weight is 319 g/mol. The monoisotopic (exact) mass is 318 g/mol. The highest BCUT2D eigenvalue weighted by atomic mass is 35.5. The predicted octanol–water partition coefficient (Wildman–Crippen LogP) is 3.39. The molecule has 0 saturated heterocycles. The Balaban J connectivity index is 1.88. The molecule has 0 atom stereocenters. The number of hydrogen-bond donors (Lipinski definition) is 2. The van der Waals surface area contributed by atoms with Crippen molar-refractivity contribution < 1.29 is 9.53 Å². The van der Waals surface area contributed by atoms with E-state index in [4.69, 9.17) is 16.3 Å². The fourth-order valence-electron chi connectivity index (χ4n) is 2.09. The number of anilines is 1. The van der Waals surface area contributed by atoms with Gasteiger partial charge in [0.15, 0.2) is 0 Å². The van der Waals surface area contributed by atoms with E-state index in [1.54, 1.807) is 25.3 Å². The van der Waals surface area contributed by atoms with Crippen LogP contribution in [-0.4, -0.2) is 19.6 Å². The van der Waals surface area contributed by atoms with Crippen molar-refractivity contribution in [2.24, 2.45) is 0 Å². The van der Waals surface area contributed by atoms with Gasteiger partial charge in [0.1, 0.15) is 5.75 Å². The first kappa shape index (κ1) is 16.3. The van der Waals surface area contributed by atoms with Crippen LogP contribution >= 0.6 is 11.6 Å². The van der Waals surface area contributed by atoms with Gasteiger partial charge in [0.25, 0.3) is 0 Å². The second-order valence-corrected chi connectivity index (χ2v) is 5.36. The predicted molar refractivity (Wildman–Crippen MR) is 89.5 cm³/mol. The molecule has 0 spiro atoms. The molecule has 2 aromatic rings. The van der Waals surface area contributed by atoms with Crippen molar-refractivity contribution in [2.75, 3.05) is 19.0 Å². The van der Waals surface area contributed by atoms with Crippen molar-refractivity contribution in [3.05, 3.63) is 58.6 Å². The minimum absolute atomic E-state index is 0.144. The Morgan fingerprint density at radius 1 is 1.23 bits per heavy atom. The van der Waals surface area contributed by atoms with Gasteiger partial charge in [-0.15, -0.1) is 0 Å². The fraction of sp³-hybridized carbons (Fsp3) is 0.235. The van der Waals surface area contributed by atoms with Crippen LogP contribution in [0.3, 0.4) is 0 Å². The second kappa shape index (κ2) is 7.82. The summed E-state index contributed by atoms with van der Waals surface area (Å²) in [4.78, 5) is 12.0. The average Bonchev–Trinajstić information content (AvgIpc) is 2.49. The summed E-state index contributed by atoms with van der Waals surface area (Å²) >= 11 is 5.94. The molecule has 5 heteroatoms. The van der Waals surface area contributed by atoms with Crippen LogP contribution < -0.4 is 15.4 Å². The van der Waals surface area contributed by atoms with Crippen molar-refractivity contribution in [1.29, 1.82) is 0 Å². The van der Waals surface area contributed by atoms with E-state index in [1.807, 2.05) is 31.2 Å². The molecule has 1 amide bonds. The Hall–Kier alpha value is -2.04. The van der Waals surface area contributed by atoms with Gasteiger partial charge < -0.3 is 15.4 Å². The molecule has 0 fully saturated rings. The van der Waals surface area contributed by atoms with Crippen LogP contribution in [0.25, 0.3) is 0 Å². The zero-order valence-electron chi connectivity index (χ0n) is 12.7. The molecule has 0 aliphatic rings. The van der Waals surface area contributed by atoms with Gasteiger partial charge in [0.05, 0.1) is 19.3 Å². The van der Waals surface area contributed by atoms with Gasteiger partial charge in [-0.2, -0.15) is 0 Å². The van der Waals surface area contributed by atoms with Crippen LogP contribution in [0.1, 0.15) is 11.1 Å². The zero-order chi connectivity index (χ0) is 15.9. The number of carbonyl (C=O) groups excluding carboxylic acids is 1. The van der Waals surface area contributed by atoms with Crippen LogP contribution in [0.2, 0.25) is 5.02 Å². The molecule has 0 aromatic heterocycles. The maximum atomic E-state index is 12.0. The molecule has 0 heterocycles. The molecule has 0 bridgehead atoms. The lowest BCUT2D eigenvalue weighted by molar-refractivity contribution is -0.115. The van der Waals surface area contributed by atoms with Crippen LogP contribution in [0, 0.1) is 6.92 Å². The summed E-state index contributed by atoms with van der Waals surface area (Å²) in [5.41, 5.74) is 2.94. The molecule has 116 valence electrons. The van der Waals surface area contributed by atoms with E-state index in [9.17, 15) is 4.79 Å². The third-order valence-electron chi connectivity index (χ3n) is 3.30. The van der Waals surface area contributed by atoms with Crippen molar-refractivity contribution >= 4 is 23.2 Å². The van der Waals surface area contributed by atoms with Gasteiger partial charge in [-0.05, 0) is 36.2 Å². The highest BCUT2D eigenvalue weighted by Crippen LogP contribution is 2.27. The van der Waals surface area contributed by atoms with Gasteiger partial charge in [-0.25, -0.2) is 0 Å². The quantitative estimate of drug-likeness (QED) is 0.858. The molecular formula is C17H19ClN2O2. The van der Waals surface area contributed by atoms with Gasteiger partial charge in [-0.3, -0.25) is 4.79 Å². The smallest absolute Gasteiger partial charge is 0.238 e. The lowest BCUT2D eigenvalue weighted by atomic mass is 10.1. The largest absolute Gasteiger partial charge is 0.495 e. The summed E-state index contributed by atoms with van der Waals surface area (Å²) in [7, 11) is 1.55. The standard InChI is InChI=1S/C17H19ClN2O2/c1-12-5-3-4-6-13(12)10-19-11-17(21)20-15-9-14(18)7-8-16(15)22-2/h3-9,19H,10-11H2,1-2H3,(H,20,21). The molecule has 2 N–H and O–H groups in total. The summed E-state index contributed by atoms with van der Waals surface area (Å²) in [6.45, 7) is 2.91. The van der Waals surface area contributed by atoms with Crippen molar-refractivity contribution in [3.63, 3.8) is 0 Å². The number of amides is 1. The van der Waals surface area contributed by atoms with E-state index in [1.165, 1.54) is 11.1 Å². The lowest BCUT2D eigenvalue weighted by Crippen LogP contribution is -2.28. The highest BCUT2D eigenvalue weighted by Gasteiger charge is 2.08. The fourth-order valence-corrected chi connectivity index (χ4v) is 2.26. The molecule has 4 nitrogen and oxygen atoms in total. The Labute approximate surface area is 135 Å². The van der Waals surface area contributed by atoms with E-state index in [2.05, 4.69) is 10.6 Å². The van der Waals surface area contributed by atoms with Gasteiger partial charge >= 0.3 is 0 Å². The topological polar surface area (TPSA) is 50.4 Å². The molecular weight excluding hydrogens is 300 g/mol. The summed E-state index contributed by atoms with van der Waals surface area (Å²) < 4.78 is 5.20. The number of nitrogens with one attached hydrogen (secondary N) is 2. The first-order valence-corrected chi connectivity index (χ1v) is 7.36. The number of carbonyl (C=O) groups is 1. The number of hydrogen-bond acceptors (Lipinski definition) is 3. The van der Waals surface area contributed by atoms with E-state index in [0.29, 0.717) is 23.0 Å². The molecule has 2 rings (SSSR count). The van der Waals surface area contributed by atoms with E-state index >= 15 is 0 Å². The highest BCUT2D eigenvalue weighted by molar-refractivity contribution is 6.31. The van der Waals surface area contributed by atoms with Crippen LogP contribution in [0.4, 0.5) is 5.69 Å². The third-order valence-corrected chi connectivity index (χ3v) is 3.53. The molecule has 2 aromatic carbocycles. The molecule has 0 radical (unpaired) electrons. The second-order valence-electron chi connectivity index (χ2n) is 4.92. The van der Waals surface area contributed by atoms with Gasteiger partial charge in [0, 0.05) is 11.6 Å². The first-order chi connectivity index (χ1) is 10.6. The summed E-state index contributed by atoms with van der Waals surface area (Å²) in [6.07, 6.45) is 0. The number of rotatable bonds is 6. The van der Waals surface area contributed by atoms with Crippen LogP contribution in [0.15, 0.2) is 42.5 Å². The number of benzene rings is 2. The third kappa shape index (κ3) is 4.48. The SMILES string of the molecule is COc1ccc(Cl)cc1NC(=O)CNCc1ccccc1C. The van der Waals surface area contributed by atoms with Crippen LogP contribution in [0.5, 0.6) is 5.75 Å². The minimum atomic E-state index is -0.144. The minimum Gasteiger partial charge on any atom is -0.495 e. The first-order valence-electron chi connectivity index (χ1n) is 6.99. The van der Waals surface area contributed by atoms with Gasteiger partial charge in [0.2, 0.25) is 5.91 Å². The zero-order valence-corrected chi connectivity index (χ0v) is 13.4. The number of halogens is 1. The molecule has 0 saturated carbocycles. The molecule has 0 unspecified atom stereocenters. The molecule has 0 aliphatic carbocycles. The number of aryl methyl sites for hydroxylation is 1. The Bertz CT molecular complexity index is 659.